The van der Waals surface area contributed by atoms with Gasteiger partial charge in [-0.15, -0.1) is 0 Å². The van der Waals surface area contributed by atoms with Crippen molar-refractivity contribution in [2.24, 2.45) is 0 Å². The molecular formula is C18H17N3O2. The lowest BCUT2D eigenvalue weighted by molar-refractivity contribution is 0.198. The number of hydrogen-bond acceptors (Lipinski definition) is 3. The molecule has 23 heavy (non-hydrogen) atoms. The van der Waals surface area contributed by atoms with Gasteiger partial charge in [-0.3, -0.25) is 0 Å². The SMILES string of the molecule is Nc1ccc2[nH]c(OC(=O)NC3CC3)c(-c3ccccc3)c2c1. The molecule has 4 N–H and O–H groups in total. The van der Waals surface area contributed by atoms with Crippen LogP contribution in [0.2, 0.25) is 0 Å². The number of fused-ring (bicyclic) bond motifs is 1. The fourth-order valence-corrected chi connectivity index (χ4v) is 2.67. The molecule has 0 unspecified atom stereocenters. The number of H-pyrrole nitrogens is 1. The lowest BCUT2D eigenvalue weighted by atomic mass is 10.0. The highest BCUT2D eigenvalue weighted by atomic mass is 16.6. The number of rotatable bonds is 3. The lowest BCUT2D eigenvalue weighted by Gasteiger charge is -2.07. The number of aromatic amines is 1. The molecule has 1 saturated carbocycles. The Balaban J connectivity index is 1.80. The van der Waals surface area contributed by atoms with E-state index in [1.54, 1.807) is 0 Å². The Kier molecular flexibility index (Phi) is 3.19. The van der Waals surface area contributed by atoms with Gasteiger partial charge >= 0.3 is 6.09 Å². The van der Waals surface area contributed by atoms with Crippen LogP contribution in [-0.2, 0) is 0 Å². The predicted molar refractivity (Wildman–Crippen MR) is 90.3 cm³/mol. The van der Waals surface area contributed by atoms with Crippen molar-refractivity contribution in [3.8, 4) is 17.0 Å². The van der Waals surface area contributed by atoms with Gasteiger partial charge in [0, 0.05) is 22.6 Å². The zero-order valence-electron chi connectivity index (χ0n) is 12.5. The predicted octanol–water partition coefficient (Wildman–Crippen LogP) is 3.67. The minimum Gasteiger partial charge on any atom is -0.399 e. The highest BCUT2D eigenvalue weighted by molar-refractivity contribution is 6.01. The molecule has 5 nitrogen and oxygen atoms in total. The van der Waals surface area contributed by atoms with Crippen LogP contribution < -0.4 is 15.8 Å². The van der Waals surface area contributed by atoms with E-state index in [2.05, 4.69) is 10.3 Å². The van der Waals surface area contributed by atoms with Crippen LogP contribution in [0.15, 0.2) is 48.5 Å². The first kappa shape index (κ1) is 13.7. The molecule has 0 saturated heterocycles. The van der Waals surface area contributed by atoms with Crippen LogP contribution in [0.1, 0.15) is 12.8 Å². The summed E-state index contributed by atoms with van der Waals surface area (Å²) in [6, 6.07) is 15.7. The quantitative estimate of drug-likeness (QED) is 0.646. The van der Waals surface area contributed by atoms with Crippen molar-refractivity contribution in [3.63, 3.8) is 0 Å². The van der Waals surface area contributed by atoms with Crippen molar-refractivity contribution >= 4 is 22.7 Å². The first-order chi connectivity index (χ1) is 11.2. The number of aromatic nitrogens is 1. The number of nitrogens with one attached hydrogen (secondary N) is 2. The minimum absolute atomic E-state index is 0.252. The Bertz CT molecular complexity index is 867. The monoisotopic (exact) mass is 307 g/mol. The number of nitrogen functional groups attached to an aromatic ring is 1. The number of nitrogens with two attached hydrogens (primary N) is 1. The molecule has 5 heteroatoms. The van der Waals surface area contributed by atoms with Crippen molar-refractivity contribution in [1.29, 1.82) is 0 Å². The molecule has 1 aliphatic rings. The van der Waals surface area contributed by atoms with Crippen LogP contribution in [0.4, 0.5) is 10.5 Å². The molecule has 4 rings (SSSR count). The summed E-state index contributed by atoms with van der Waals surface area (Å²) in [5.41, 5.74) is 9.29. The highest BCUT2D eigenvalue weighted by Crippen LogP contribution is 2.38. The maximum absolute atomic E-state index is 12.0. The molecule has 3 aromatic rings. The second kappa shape index (κ2) is 5.35. The number of benzene rings is 2. The number of amides is 1. The van der Waals surface area contributed by atoms with Gasteiger partial charge in [0.25, 0.3) is 0 Å². The van der Waals surface area contributed by atoms with Gasteiger partial charge in [0.15, 0.2) is 0 Å². The number of hydrogen-bond donors (Lipinski definition) is 3. The van der Waals surface area contributed by atoms with Gasteiger partial charge in [-0.05, 0) is 36.6 Å². The summed E-state index contributed by atoms with van der Waals surface area (Å²) in [5.74, 6) is 0.440. The average Bonchev–Trinajstić information content (AvgIpc) is 3.28. The highest BCUT2D eigenvalue weighted by Gasteiger charge is 2.25. The van der Waals surface area contributed by atoms with E-state index in [1.807, 2.05) is 48.5 Å². The molecule has 1 amide bonds. The zero-order valence-corrected chi connectivity index (χ0v) is 12.5. The molecule has 116 valence electrons. The molecule has 0 atom stereocenters. The Morgan fingerprint density at radius 3 is 2.70 bits per heavy atom. The number of anilines is 1. The van der Waals surface area contributed by atoms with Gasteiger partial charge < -0.3 is 20.8 Å². The first-order valence-corrected chi connectivity index (χ1v) is 7.65. The summed E-state index contributed by atoms with van der Waals surface area (Å²) in [7, 11) is 0. The number of carbonyl (C=O) groups excluding carboxylic acids is 1. The van der Waals surface area contributed by atoms with Gasteiger partial charge in [-0.2, -0.15) is 0 Å². The summed E-state index contributed by atoms with van der Waals surface area (Å²) in [6.45, 7) is 0. The Morgan fingerprint density at radius 1 is 1.17 bits per heavy atom. The van der Waals surface area contributed by atoms with E-state index in [-0.39, 0.29) is 6.04 Å². The van der Waals surface area contributed by atoms with Crippen molar-refractivity contribution in [2.75, 3.05) is 5.73 Å². The van der Waals surface area contributed by atoms with E-state index >= 15 is 0 Å². The first-order valence-electron chi connectivity index (χ1n) is 7.65. The van der Waals surface area contributed by atoms with Crippen molar-refractivity contribution in [3.05, 3.63) is 48.5 Å². The molecule has 1 heterocycles. The number of carbonyl (C=O) groups is 1. The van der Waals surface area contributed by atoms with Gasteiger partial charge in [0.1, 0.15) is 0 Å². The van der Waals surface area contributed by atoms with E-state index in [0.29, 0.717) is 11.6 Å². The summed E-state index contributed by atoms with van der Waals surface area (Å²) in [6.07, 6.45) is 1.61. The third-order valence-electron chi connectivity index (χ3n) is 3.94. The molecule has 1 aliphatic carbocycles. The molecule has 1 aromatic heterocycles. The van der Waals surface area contributed by atoms with Crippen molar-refractivity contribution in [1.82, 2.24) is 10.3 Å². The Morgan fingerprint density at radius 2 is 1.96 bits per heavy atom. The van der Waals surface area contributed by atoms with Gasteiger partial charge in [-0.25, -0.2) is 4.79 Å². The van der Waals surface area contributed by atoms with Crippen LogP contribution in [0.25, 0.3) is 22.0 Å². The topological polar surface area (TPSA) is 80.1 Å². The second-order valence-electron chi connectivity index (χ2n) is 5.81. The van der Waals surface area contributed by atoms with Gasteiger partial charge in [0.2, 0.25) is 5.88 Å². The van der Waals surface area contributed by atoms with E-state index in [4.69, 9.17) is 10.5 Å². The smallest absolute Gasteiger partial charge is 0.399 e. The summed E-state index contributed by atoms with van der Waals surface area (Å²) < 4.78 is 5.53. The summed E-state index contributed by atoms with van der Waals surface area (Å²) >= 11 is 0. The minimum atomic E-state index is -0.427. The maximum Gasteiger partial charge on any atom is 0.414 e. The Hall–Kier alpha value is -2.95. The largest absolute Gasteiger partial charge is 0.414 e. The van der Waals surface area contributed by atoms with E-state index < -0.39 is 6.09 Å². The fourth-order valence-electron chi connectivity index (χ4n) is 2.67. The normalized spacial score (nSPS) is 13.9. The van der Waals surface area contributed by atoms with Crippen LogP contribution in [0.5, 0.6) is 5.88 Å². The summed E-state index contributed by atoms with van der Waals surface area (Å²) in [5, 5.41) is 3.77. The van der Waals surface area contributed by atoms with Crippen molar-refractivity contribution in [2.45, 2.75) is 18.9 Å². The number of ether oxygens (including phenoxy) is 1. The zero-order chi connectivity index (χ0) is 15.8. The Labute approximate surface area is 133 Å². The fraction of sp³-hybridized carbons (Fsp3) is 0.167. The maximum atomic E-state index is 12.0. The lowest BCUT2D eigenvalue weighted by Crippen LogP contribution is -2.28. The molecule has 1 fully saturated rings. The molecule has 0 radical (unpaired) electrons. The van der Waals surface area contributed by atoms with Crippen molar-refractivity contribution < 1.29 is 9.53 Å². The molecule has 2 aromatic carbocycles. The van der Waals surface area contributed by atoms with Crippen LogP contribution >= 0.6 is 0 Å². The van der Waals surface area contributed by atoms with Gasteiger partial charge in [0.05, 0.1) is 5.56 Å². The van der Waals surface area contributed by atoms with E-state index in [9.17, 15) is 4.79 Å². The third-order valence-corrected chi connectivity index (χ3v) is 3.94. The molecule has 0 bridgehead atoms. The van der Waals surface area contributed by atoms with Crippen LogP contribution in [-0.4, -0.2) is 17.1 Å². The second-order valence-corrected chi connectivity index (χ2v) is 5.81. The molecule has 0 aliphatic heterocycles. The van der Waals surface area contributed by atoms with E-state index in [0.717, 1.165) is 34.9 Å². The molecule has 0 spiro atoms. The molecular weight excluding hydrogens is 290 g/mol. The standard InChI is InChI=1S/C18H17N3O2/c19-12-6-9-15-14(10-12)16(11-4-2-1-3-5-11)17(21-15)23-18(22)20-13-7-8-13/h1-6,9-10,13,21H,7-8,19H2,(H,20,22). The summed E-state index contributed by atoms with van der Waals surface area (Å²) in [4.78, 5) is 15.2. The van der Waals surface area contributed by atoms with Crippen LogP contribution in [0, 0.1) is 0 Å². The van der Waals surface area contributed by atoms with Crippen LogP contribution in [0.3, 0.4) is 0 Å². The third kappa shape index (κ3) is 2.73. The average molecular weight is 307 g/mol. The van der Waals surface area contributed by atoms with E-state index in [1.165, 1.54) is 0 Å². The van der Waals surface area contributed by atoms with Gasteiger partial charge in [-0.1, -0.05) is 30.3 Å².